The maximum Gasteiger partial charge on any atom is 0.0456 e. The number of likely N-dealkylation sites (N-methyl/N-ethyl adjacent to an activating group) is 1. The van der Waals surface area contributed by atoms with Crippen molar-refractivity contribution >= 4 is 10.9 Å². The van der Waals surface area contributed by atoms with E-state index in [9.17, 15) is 0 Å². The largest absolute Gasteiger partial charge is 0.361 e. The van der Waals surface area contributed by atoms with Gasteiger partial charge in [0, 0.05) is 23.1 Å². The number of hydrogen-bond donors (Lipinski definition) is 1. The molecule has 1 aromatic carbocycles. The van der Waals surface area contributed by atoms with Crippen LogP contribution in [-0.4, -0.2) is 29.5 Å². The first-order valence-corrected chi connectivity index (χ1v) is 7.57. The summed E-state index contributed by atoms with van der Waals surface area (Å²) in [6.07, 6.45) is 8.50. The van der Waals surface area contributed by atoms with Crippen LogP contribution < -0.4 is 0 Å². The first-order valence-electron chi connectivity index (χ1n) is 7.57. The van der Waals surface area contributed by atoms with Crippen molar-refractivity contribution in [1.29, 1.82) is 0 Å². The Morgan fingerprint density at radius 3 is 3.00 bits per heavy atom. The van der Waals surface area contributed by atoms with Gasteiger partial charge in [-0.1, -0.05) is 19.4 Å². The quantitative estimate of drug-likeness (QED) is 0.882. The Kier molecular flexibility index (Phi) is 3.61. The smallest absolute Gasteiger partial charge is 0.0456 e. The Morgan fingerprint density at radius 2 is 2.26 bits per heavy atom. The number of aryl methyl sites for hydroxylation is 1. The number of nitrogens with one attached hydrogen (secondary N) is 1. The second-order valence-electron chi connectivity index (χ2n) is 5.92. The molecular formula is C17H24N2. The monoisotopic (exact) mass is 256 g/mol. The fourth-order valence-corrected chi connectivity index (χ4v) is 3.33. The highest BCUT2D eigenvalue weighted by Crippen LogP contribution is 2.25. The van der Waals surface area contributed by atoms with Crippen molar-refractivity contribution in [2.45, 2.75) is 45.1 Å². The maximum atomic E-state index is 3.43. The van der Waals surface area contributed by atoms with Gasteiger partial charge in [-0.2, -0.15) is 0 Å². The predicted molar refractivity (Wildman–Crippen MR) is 81.6 cm³/mol. The van der Waals surface area contributed by atoms with Crippen molar-refractivity contribution in [3.63, 3.8) is 0 Å². The highest BCUT2D eigenvalue weighted by molar-refractivity contribution is 5.84. The summed E-state index contributed by atoms with van der Waals surface area (Å²) in [6, 6.07) is 7.61. The van der Waals surface area contributed by atoms with Gasteiger partial charge in [-0.25, -0.2) is 0 Å². The standard InChI is InChI=1S/C17H24N2/c1-3-5-13-7-8-17-16(10-13)14(12-18-17)11-15-6-4-9-19(15)2/h7-8,10,12,15,18H,3-6,9,11H2,1-2H3/t15-/m1/s1. The summed E-state index contributed by atoms with van der Waals surface area (Å²) in [4.78, 5) is 5.94. The lowest BCUT2D eigenvalue weighted by Crippen LogP contribution is -2.26. The number of benzene rings is 1. The van der Waals surface area contributed by atoms with E-state index in [1.165, 1.54) is 60.7 Å². The molecule has 1 N–H and O–H groups in total. The molecule has 2 nitrogen and oxygen atoms in total. The van der Waals surface area contributed by atoms with Gasteiger partial charge in [0.25, 0.3) is 0 Å². The zero-order valence-electron chi connectivity index (χ0n) is 12.1. The minimum Gasteiger partial charge on any atom is -0.361 e. The van der Waals surface area contributed by atoms with E-state index in [2.05, 4.69) is 48.3 Å². The van der Waals surface area contributed by atoms with Crippen LogP contribution >= 0.6 is 0 Å². The van der Waals surface area contributed by atoms with E-state index in [-0.39, 0.29) is 0 Å². The summed E-state index contributed by atoms with van der Waals surface area (Å²) in [7, 11) is 2.26. The molecule has 2 aromatic rings. The maximum absolute atomic E-state index is 3.43. The lowest BCUT2D eigenvalue weighted by atomic mass is 10.0. The van der Waals surface area contributed by atoms with Gasteiger partial charge >= 0.3 is 0 Å². The Morgan fingerprint density at radius 1 is 1.37 bits per heavy atom. The zero-order chi connectivity index (χ0) is 13.2. The van der Waals surface area contributed by atoms with Gasteiger partial charge in [-0.05, 0) is 62.5 Å². The summed E-state index contributed by atoms with van der Waals surface area (Å²) in [5, 5.41) is 1.44. The number of aromatic nitrogens is 1. The predicted octanol–water partition coefficient (Wildman–Crippen LogP) is 3.76. The highest BCUT2D eigenvalue weighted by atomic mass is 15.1. The number of likely N-dealkylation sites (tertiary alicyclic amines) is 1. The molecule has 1 fully saturated rings. The molecule has 0 bridgehead atoms. The second kappa shape index (κ2) is 5.38. The van der Waals surface area contributed by atoms with Crippen molar-refractivity contribution in [3.8, 4) is 0 Å². The van der Waals surface area contributed by atoms with Gasteiger partial charge in [0.05, 0.1) is 0 Å². The zero-order valence-corrected chi connectivity index (χ0v) is 12.1. The number of fused-ring (bicyclic) bond motifs is 1. The molecule has 0 unspecified atom stereocenters. The molecule has 1 aliphatic rings. The van der Waals surface area contributed by atoms with Gasteiger partial charge in [-0.3, -0.25) is 0 Å². The van der Waals surface area contributed by atoms with Crippen LogP contribution in [0.5, 0.6) is 0 Å². The molecule has 2 heteroatoms. The molecule has 2 heterocycles. The molecule has 0 aliphatic carbocycles. The van der Waals surface area contributed by atoms with Gasteiger partial charge in [0.2, 0.25) is 0 Å². The Bertz CT molecular complexity index is 555. The molecule has 0 spiro atoms. The molecular weight excluding hydrogens is 232 g/mol. The fourth-order valence-electron chi connectivity index (χ4n) is 3.33. The minimum atomic E-state index is 0.730. The number of rotatable bonds is 4. The Labute approximate surface area is 115 Å². The molecule has 0 amide bonds. The van der Waals surface area contributed by atoms with Crippen LogP contribution in [0.15, 0.2) is 24.4 Å². The van der Waals surface area contributed by atoms with Crippen LogP contribution in [0.4, 0.5) is 0 Å². The van der Waals surface area contributed by atoms with E-state index in [0.29, 0.717) is 0 Å². The molecule has 1 atom stereocenters. The van der Waals surface area contributed by atoms with Crippen LogP contribution in [0.25, 0.3) is 10.9 Å². The molecule has 3 rings (SSSR count). The molecule has 1 saturated heterocycles. The van der Waals surface area contributed by atoms with E-state index >= 15 is 0 Å². The summed E-state index contributed by atoms with van der Waals surface area (Å²) in [5.74, 6) is 0. The van der Waals surface area contributed by atoms with E-state index in [0.717, 1.165) is 6.04 Å². The van der Waals surface area contributed by atoms with Crippen LogP contribution in [0.2, 0.25) is 0 Å². The third kappa shape index (κ3) is 2.55. The number of hydrogen-bond acceptors (Lipinski definition) is 1. The first kappa shape index (κ1) is 12.7. The van der Waals surface area contributed by atoms with Gasteiger partial charge in [0.15, 0.2) is 0 Å². The normalized spacial score (nSPS) is 20.4. The van der Waals surface area contributed by atoms with E-state index in [1.54, 1.807) is 0 Å². The molecule has 19 heavy (non-hydrogen) atoms. The first-order chi connectivity index (χ1) is 9.28. The minimum absolute atomic E-state index is 0.730. The molecule has 1 aromatic heterocycles. The van der Waals surface area contributed by atoms with Crippen molar-refractivity contribution < 1.29 is 0 Å². The van der Waals surface area contributed by atoms with Crippen molar-refractivity contribution in [2.24, 2.45) is 0 Å². The van der Waals surface area contributed by atoms with Crippen molar-refractivity contribution in [2.75, 3.05) is 13.6 Å². The highest BCUT2D eigenvalue weighted by Gasteiger charge is 2.22. The summed E-state index contributed by atoms with van der Waals surface area (Å²) in [5.41, 5.74) is 4.25. The third-order valence-corrected chi connectivity index (χ3v) is 4.50. The van der Waals surface area contributed by atoms with Gasteiger partial charge in [-0.15, -0.1) is 0 Å². The van der Waals surface area contributed by atoms with Crippen LogP contribution in [0, 0.1) is 0 Å². The van der Waals surface area contributed by atoms with Crippen LogP contribution in [-0.2, 0) is 12.8 Å². The van der Waals surface area contributed by atoms with Crippen LogP contribution in [0.3, 0.4) is 0 Å². The number of H-pyrrole nitrogens is 1. The van der Waals surface area contributed by atoms with E-state index in [1.807, 2.05) is 0 Å². The third-order valence-electron chi connectivity index (χ3n) is 4.50. The molecule has 0 saturated carbocycles. The number of aromatic amines is 1. The summed E-state index contributed by atoms with van der Waals surface area (Å²) < 4.78 is 0. The van der Waals surface area contributed by atoms with Crippen LogP contribution in [0.1, 0.15) is 37.3 Å². The fraction of sp³-hybridized carbons (Fsp3) is 0.529. The Balaban J connectivity index is 1.88. The second-order valence-corrected chi connectivity index (χ2v) is 5.92. The lowest BCUT2D eigenvalue weighted by Gasteiger charge is -2.18. The average Bonchev–Trinajstić information content (AvgIpc) is 2.98. The SMILES string of the molecule is CCCc1ccc2[nH]cc(C[C@H]3CCCN3C)c2c1. The molecule has 0 radical (unpaired) electrons. The summed E-state index contributed by atoms with van der Waals surface area (Å²) >= 11 is 0. The van der Waals surface area contributed by atoms with Gasteiger partial charge < -0.3 is 9.88 Å². The lowest BCUT2D eigenvalue weighted by molar-refractivity contribution is 0.310. The van der Waals surface area contributed by atoms with Gasteiger partial charge in [0.1, 0.15) is 0 Å². The topological polar surface area (TPSA) is 19.0 Å². The van der Waals surface area contributed by atoms with E-state index in [4.69, 9.17) is 0 Å². The van der Waals surface area contributed by atoms with Crippen molar-refractivity contribution in [1.82, 2.24) is 9.88 Å². The Hall–Kier alpha value is -1.28. The summed E-state index contributed by atoms with van der Waals surface area (Å²) in [6.45, 7) is 3.50. The molecule has 102 valence electrons. The number of nitrogens with zero attached hydrogens (tertiary/aromatic N) is 1. The van der Waals surface area contributed by atoms with E-state index < -0.39 is 0 Å². The van der Waals surface area contributed by atoms with Crippen molar-refractivity contribution in [3.05, 3.63) is 35.5 Å². The average molecular weight is 256 g/mol. The molecule has 1 aliphatic heterocycles.